The Bertz CT molecular complexity index is 604. The Hall–Kier alpha value is -0.497. The Labute approximate surface area is 177 Å². The van der Waals surface area contributed by atoms with Crippen LogP contribution in [0.4, 0.5) is 0 Å². The Morgan fingerprint density at radius 1 is 0.640 bits per heavy atom. The molecule has 2 aromatic carbocycles. The summed E-state index contributed by atoms with van der Waals surface area (Å²) in [7, 11) is 0. The third-order valence-electron chi connectivity index (χ3n) is 3.72. The molecule has 136 valence electrons. The monoisotopic (exact) mass is 458 g/mol. The van der Waals surface area contributed by atoms with Gasteiger partial charge in [0.25, 0.3) is 0 Å². The van der Waals surface area contributed by atoms with Crippen LogP contribution in [0, 0.1) is 0 Å². The number of halogens is 2. The van der Waals surface area contributed by atoms with Gasteiger partial charge in [0.15, 0.2) is 0 Å². The predicted molar refractivity (Wildman–Crippen MR) is 91.5 cm³/mol. The largest absolute Gasteiger partial charge is 1.00 e. The Morgan fingerprint density at radius 2 is 1.00 bits per heavy atom. The molecule has 0 unspecified atom stereocenters. The van der Waals surface area contributed by atoms with Gasteiger partial charge >= 0.3 is 153 Å². The van der Waals surface area contributed by atoms with Crippen molar-refractivity contribution < 1.29 is 54.6 Å². The number of hydrogen-bond donors (Lipinski definition) is 0. The molecule has 0 bridgehead atoms. The molecule has 2 aromatic rings. The van der Waals surface area contributed by atoms with E-state index >= 15 is 0 Å². The summed E-state index contributed by atoms with van der Waals surface area (Å²) in [5, 5.41) is 0. The number of hydrogen-bond acceptors (Lipinski definition) is 2. The second kappa shape index (κ2) is 10.00. The van der Waals surface area contributed by atoms with Crippen LogP contribution in [-0.2, 0) is 34.9 Å². The van der Waals surface area contributed by atoms with Gasteiger partial charge < -0.3 is 24.8 Å². The van der Waals surface area contributed by atoms with Gasteiger partial charge in [-0.25, -0.2) is 0 Å². The predicted octanol–water partition coefficient (Wildman–Crippen LogP) is -0.340. The summed E-state index contributed by atoms with van der Waals surface area (Å²) in [5.74, 6) is 1.83. The molecule has 0 heterocycles. The van der Waals surface area contributed by atoms with Gasteiger partial charge in [-0.3, -0.25) is 0 Å². The van der Waals surface area contributed by atoms with Crippen molar-refractivity contribution in [3.63, 3.8) is 0 Å². The van der Waals surface area contributed by atoms with E-state index in [1.807, 2.05) is 12.1 Å². The molecule has 0 saturated carbocycles. The SMILES string of the molecule is CC(C)(C)c1cccc([O][Zr+2][O]c2cccc(C(C)(C)C)c2)c1.[Cl-].[Cl-]. The second-order valence-electron chi connectivity index (χ2n) is 7.84. The van der Waals surface area contributed by atoms with E-state index in [1.54, 1.807) is 0 Å². The first-order valence-corrected chi connectivity index (χ1v) is 9.97. The average molecular weight is 461 g/mol. The normalized spacial score (nSPS) is 10.8. The first-order valence-electron chi connectivity index (χ1n) is 7.96. The third-order valence-corrected chi connectivity index (χ3v) is 5.29. The van der Waals surface area contributed by atoms with Gasteiger partial charge in [0.05, 0.1) is 0 Å². The molecule has 0 aliphatic rings. The molecule has 0 saturated heterocycles. The smallest absolute Gasteiger partial charge is 1.00 e. The van der Waals surface area contributed by atoms with Gasteiger partial charge in [0.1, 0.15) is 0 Å². The van der Waals surface area contributed by atoms with Crippen molar-refractivity contribution >= 4 is 0 Å². The fraction of sp³-hybridized carbons (Fsp3) is 0.400. The zero-order valence-corrected chi connectivity index (χ0v) is 19.7. The molecule has 2 nitrogen and oxygen atoms in total. The van der Waals surface area contributed by atoms with Crippen LogP contribution in [0.3, 0.4) is 0 Å². The fourth-order valence-electron chi connectivity index (χ4n) is 2.17. The van der Waals surface area contributed by atoms with Crippen molar-refractivity contribution in [3.05, 3.63) is 59.7 Å². The van der Waals surface area contributed by atoms with Crippen molar-refractivity contribution in [1.82, 2.24) is 0 Å². The quantitative estimate of drug-likeness (QED) is 0.622. The molecule has 2 rings (SSSR count). The van der Waals surface area contributed by atoms with Crippen LogP contribution >= 0.6 is 0 Å². The first kappa shape index (κ1) is 24.5. The standard InChI is InChI=1S/2C10H14O.2ClH.Zr/c2*1-10(2,3)8-5-4-6-9(11)7-8;;;/h2*4-7,11H,1-3H3;2*1H;/q;;;;+4/p-4. The molecule has 0 N–H and O–H groups in total. The van der Waals surface area contributed by atoms with Crippen molar-refractivity contribution in [3.8, 4) is 11.5 Å². The summed E-state index contributed by atoms with van der Waals surface area (Å²) in [4.78, 5) is 0. The Morgan fingerprint density at radius 3 is 1.32 bits per heavy atom. The zero-order chi connectivity index (χ0) is 17.1. The summed E-state index contributed by atoms with van der Waals surface area (Å²) in [6.45, 7) is 13.3. The topological polar surface area (TPSA) is 18.5 Å². The average Bonchev–Trinajstić information content (AvgIpc) is 2.46. The summed E-state index contributed by atoms with van der Waals surface area (Å²) in [6.07, 6.45) is 0. The van der Waals surface area contributed by atoms with Gasteiger partial charge in [0.2, 0.25) is 0 Å². The van der Waals surface area contributed by atoms with Crippen LogP contribution in [0.15, 0.2) is 48.5 Å². The van der Waals surface area contributed by atoms with Crippen molar-refractivity contribution in [2.24, 2.45) is 0 Å². The minimum Gasteiger partial charge on any atom is -1.00 e. The van der Waals surface area contributed by atoms with Crippen LogP contribution in [-0.4, -0.2) is 0 Å². The van der Waals surface area contributed by atoms with E-state index in [0.717, 1.165) is 11.5 Å². The molecule has 0 atom stereocenters. The number of benzene rings is 2. The van der Waals surface area contributed by atoms with E-state index in [9.17, 15) is 0 Å². The minimum atomic E-state index is -1.40. The maximum atomic E-state index is 5.92. The van der Waals surface area contributed by atoms with E-state index in [0.29, 0.717) is 0 Å². The summed E-state index contributed by atoms with van der Waals surface area (Å²) in [6, 6.07) is 16.6. The molecule has 0 fully saturated rings. The van der Waals surface area contributed by atoms with Gasteiger partial charge in [-0.2, -0.15) is 0 Å². The molecule has 0 aliphatic heterocycles. The molecule has 5 heteroatoms. The minimum absolute atomic E-state index is 0. The maximum absolute atomic E-state index is 5.92. The zero-order valence-electron chi connectivity index (χ0n) is 15.7. The van der Waals surface area contributed by atoms with Crippen LogP contribution in [0.25, 0.3) is 0 Å². The van der Waals surface area contributed by atoms with Gasteiger partial charge in [-0.05, 0) is 0 Å². The van der Waals surface area contributed by atoms with Gasteiger partial charge in [-0.15, -0.1) is 0 Å². The first-order chi connectivity index (χ1) is 10.7. The van der Waals surface area contributed by atoms with Crippen molar-refractivity contribution in [2.75, 3.05) is 0 Å². The fourth-order valence-corrected chi connectivity index (χ4v) is 3.37. The Kier molecular flexibility index (Phi) is 9.80. The summed E-state index contributed by atoms with van der Waals surface area (Å²) >= 11 is -1.40. The summed E-state index contributed by atoms with van der Waals surface area (Å²) < 4.78 is 11.8. The van der Waals surface area contributed by atoms with Crippen molar-refractivity contribution in [2.45, 2.75) is 52.4 Å². The molecule has 0 aromatic heterocycles. The molecular weight excluding hydrogens is 434 g/mol. The van der Waals surface area contributed by atoms with Crippen LogP contribution in [0.5, 0.6) is 11.5 Å². The van der Waals surface area contributed by atoms with Crippen LogP contribution in [0.1, 0.15) is 52.7 Å². The van der Waals surface area contributed by atoms with Gasteiger partial charge in [0, 0.05) is 0 Å². The molecule has 0 aliphatic carbocycles. The molecule has 0 spiro atoms. The number of rotatable bonds is 4. The molecular formula is C20H26Cl2O2Zr. The Balaban J connectivity index is 0.00000288. The van der Waals surface area contributed by atoms with E-state index in [1.165, 1.54) is 11.1 Å². The van der Waals surface area contributed by atoms with Crippen molar-refractivity contribution in [1.29, 1.82) is 0 Å². The molecule has 25 heavy (non-hydrogen) atoms. The maximum Gasteiger partial charge on any atom is -1.00 e. The van der Waals surface area contributed by atoms with E-state index in [2.05, 4.69) is 77.9 Å². The van der Waals surface area contributed by atoms with E-state index < -0.39 is 24.1 Å². The second-order valence-corrected chi connectivity index (χ2v) is 9.26. The van der Waals surface area contributed by atoms with E-state index in [4.69, 9.17) is 5.63 Å². The van der Waals surface area contributed by atoms with Crippen LogP contribution in [0.2, 0.25) is 0 Å². The molecule has 0 radical (unpaired) electrons. The molecule has 0 amide bonds. The summed E-state index contributed by atoms with van der Waals surface area (Å²) in [5.41, 5.74) is 2.83. The third kappa shape index (κ3) is 7.73. The van der Waals surface area contributed by atoms with Crippen LogP contribution < -0.4 is 30.4 Å². The van der Waals surface area contributed by atoms with Gasteiger partial charge in [-0.1, -0.05) is 0 Å². The van der Waals surface area contributed by atoms with E-state index in [-0.39, 0.29) is 35.6 Å².